The summed E-state index contributed by atoms with van der Waals surface area (Å²) in [6, 6.07) is 70.8. The van der Waals surface area contributed by atoms with Gasteiger partial charge in [-0.2, -0.15) is 5.26 Å². The van der Waals surface area contributed by atoms with Gasteiger partial charge in [0, 0.05) is 33.1 Å². The second-order valence-electron chi connectivity index (χ2n) is 18.4. The quantitative estimate of drug-likeness (QED) is 0.101. The molecule has 0 bridgehead atoms. The van der Waals surface area contributed by atoms with Gasteiger partial charge < -0.3 is 8.96 Å². The third-order valence-electron chi connectivity index (χ3n) is 14.3. The Morgan fingerprint density at radius 1 is 0.563 bits per heavy atom. The number of benzene rings is 7. The summed E-state index contributed by atoms with van der Waals surface area (Å²) in [5.74, 6) is 0.0961. The summed E-state index contributed by atoms with van der Waals surface area (Å²) in [5.41, 5.74) is 11.3. The van der Waals surface area contributed by atoms with Crippen LogP contribution in [0.1, 0.15) is 59.3 Å². The largest absolute Gasteiger partial charge is 0.384 e. The zero-order valence-electron chi connectivity index (χ0n) is 39.2. The Bertz CT molecular complexity index is 3730. The molecule has 0 saturated heterocycles. The van der Waals surface area contributed by atoms with Crippen LogP contribution in [0.4, 0.5) is 0 Å². The number of hydrogen-bond donors (Lipinski definition) is 0. The SMILES string of the molecule is [C-]#[N+]/C(c1nc2ccccc2s1)=c1\c2c(C3CCCCC3)n(B(c3ccccc3)c3ccccc3)/c(=C(/C#N)c3nc4ccccc4s3)c2c(-c2ccccc2C)n1B(c1ccccc1)c1ccccc1. The van der Waals surface area contributed by atoms with Crippen LogP contribution in [0, 0.1) is 24.8 Å². The molecule has 1 fully saturated rings. The van der Waals surface area contributed by atoms with Crippen LogP contribution in [0.25, 0.3) is 58.6 Å². The predicted octanol–water partition coefficient (Wildman–Crippen LogP) is 10.8. The van der Waals surface area contributed by atoms with Crippen LogP contribution in [0.2, 0.25) is 0 Å². The first-order valence-corrected chi connectivity index (χ1v) is 26.1. The Morgan fingerprint density at radius 3 is 1.54 bits per heavy atom. The number of aryl methyl sites for hydroxylation is 1. The minimum atomic E-state index is -0.395. The normalized spacial score (nSPS) is 13.8. The highest BCUT2D eigenvalue weighted by Gasteiger charge is 2.39. The van der Waals surface area contributed by atoms with Gasteiger partial charge in [-0.05, 0) is 55.5 Å². The van der Waals surface area contributed by atoms with E-state index in [0.29, 0.717) is 21.3 Å². The molecule has 12 rings (SSSR count). The summed E-state index contributed by atoms with van der Waals surface area (Å²) >= 11 is 3.13. The minimum Gasteiger partial charge on any atom is -0.384 e. The van der Waals surface area contributed by atoms with Crippen LogP contribution >= 0.6 is 22.7 Å². The van der Waals surface area contributed by atoms with Gasteiger partial charge in [0.25, 0.3) is 0 Å². The van der Waals surface area contributed by atoms with Gasteiger partial charge in [0.05, 0.1) is 32.4 Å². The third-order valence-corrected chi connectivity index (χ3v) is 16.4. The van der Waals surface area contributed by atoms with E-state index < -0.39 is 6.85 Å². The molecular formula is C61H46B2N6S2. The summed E-state index contributed by atoms with van der Waals surface area (Å²) in [5, 5.41) is 17.1. The first-order valence-electron chi connectivity index (χ1n) is 24.4. The van der Waals surface area contributed by atoms with Gasteiger partial charge in [-0.3, -0.25) is 0 Å². The molecule has 0 spiro atoms. The maximum absolute atomic E-state index is 12.2. The van der Waals surface area contributed by atoms with Crippen molar-refractivity contribution in [2.75, 3.05) is 0 Å². The van der Waals surface area contributed by atoms with E-state index in [-0.39, 0.29) is 12.8 Å². The minimum absolute atomic E-state index is 0.0961. The Kier molecular flexibility index (Phi) is 11.9. The van der Waals surface area contributed by atoms with Gasteiger partial charge in [-0.25, -0.2) is 14.8 Å². The topological polar surface area (TPSA) is 63.8 Å². The van der Waals surface area contributed by atoms with E-state index in [4.69, 9.17) is 9.97 Å². The van der Waals surface area contributed by atoms with E-state index in [9.17, 15) is 11.8 Å². The average Bonchev–Trinajstić information content (AvgIpc) is 4.21. The molecule has 1 aliphatic rings. The molecule has 10 heteroatoms. The molecule has 0 unspecified atom stereocenters. The van der Waals surface area contributed by atoms with Crippen molar-refractivity contribution in [2.24, 2.45) is 0 Å². The number of nitrogens with zero attached hydrogens (tertiary/aromatic N) is 6. The molecule has 0 atom stereocenters. The molecule has 0 N–H and O–H groups in total. The monoisotopic (exact) mass is 948 g/mol. The van der Waals surface area contributed by atoms with Crippen molar-refractivity contribution in [2.45, 2.75) is 44.9 Å². The van der Waals surface area contributed by atoms with Crippen molar-refractivity contribution >= 4 is 101 Å². The molecule has 71 heavy (non-hydrogen) atoms. The van der Waals surface area contributed by atoms with Gasteiger partial charge in [0.2, 0.25) is 5.70 Å². The number of hydrogen-bond acceptors (Lipinski definition) is 5. The molecule has 4 aromatic heterocycles. The van der Waals surface area contributed by atoms with Gasteiger partial charge in [0.15, 0.2) is 0 Å². The molecule has 11 aromatic rings. The Balaban J connectivity index is 1.44. The Hall–Kier alpha value is -8.01. The van der Waals surface area contributed by atoms with Crippen LogP contribution in [0.5, 0.6) is 0 Å². The molecule has 4 heterocycles. The number of thiazole rings is 2. The maximum atomic E-state index is 12.2. The van der Waals surface area contributed by atoms with Crippen molar-refractivity contribution < 1.29 is 0 Å². The molecule has 1 aliphatic carbocycles. The van der Waals surface area contributed by atoms with Gasteiger partial charge in [-0.1, -0.05) is 211 Å². The molecule has 6 nitrogen and oxygen atoms in total. The fourth-order valence-corrected chi connectivity index (χ4v) is 13.1. The molecule has 0 amide bonds. The lowest BCUT2D eigenvalue weighted by molar-refractivity contribution is 0.436. The van der Waals surface area contributed by atoms with E-state index in [1.54, 1.807) is 22.7 Å². The summed E-state index contributed by atoms with van der Waals surface area (Å²) in [7, 11) is 0. The van der Waals surface area contributed by atoms with Gasteiger partial charge in [-0.15, -0.1) is 22.7 Å². The van der Waals surface area contributed by atoms with Gasteiger partial charge >= 0.3 is 13.7 Å². The molecule has 338 valence electrons. The second-order valence-corrected chi connectivity index (χ2v) is 20.5. The fraction of sp³-hybridized carbons (Fsp3) is 0.115. The van der Waals surface area contributed by atoms with Crippen LogP contribution in [0.15, 0.2) is 194 Å². The van der Waals surface area contributed by atoms with E-state index in [2.05, 4.69) is 185 Å². The second kappa shape index (κ2) is 19.1. The summed E-state index contributed by atoms with van der Waals surface area (Å²) in [4.78, 5) is 15.3. The zero-order valence-corrected chi connectivity index (χ0v) is 40.9. The number of fused-ring (bicyclic) bond motifs is 3. The molecular weight excluding hydrogens is 902 g/mol. The smallest absolute Gasteiger partial charge is 0.327 e. The first-order chi connectivity index (χ1) is 35.1. The lowest BCUT2D eigenvalue weighted by Gasteiger charge is -2.29. The van der Waals surface area contributed by atoms with E-state index in [0.717, 1.165) is 118 Å². The number of aromatic nitrogens is 4. The van der Waals surface area contributed by atoms with Crippen molar-refractivity contribution in [3.8, 4) is 17.3 Å². The van der Waals surface area contributed by atoms with Crippen molar-refractivity contribution in [3.63, 3.8) is 0 Å². The highest BCUT2D eigenvalue weighted by molar-refractivity contribution is 7.20. The summed E-state index contributed by atoms with van der Waals surface area (Å²) in [6.45, 7) is 10.9. The van der Waals surface area contributed by atoms with Crippen molar-refractivity contribution in [1.82, 2.24) is 18.9 Å². The third kappa shape index (κ3) is 7.81. The molecule has 7 aromatic carbocycles. The number of para-hydroxylation sites is 2. The first kappa shape index (κ1) is 44.2. The van der Waals surface area contributed by atoms with Crippen LogP contribution in [0.3, 0.4) is 0 Å². The standard InChI is InChI=1S/C61H46B2N6S2/c1-41-24-18-19-35-47(41)57-54-53(59(55(65-2)61-67-50-37-21-23-39-52(50)71-61)69(57)63(45-31-14-6-15-32-45)46-33-16-7-17-34-46)56(42-25-8-3-9-26-42)68(62(43-27-10-4-11-28-43)44-29-12-5-13-30-44)58(54)48(40-64)60-66-49-36-20-22-38-51(49)70-60/h4-7,10-24,27-39,42H,3,8-9,25-26H2,1H3/b58-48-,59-55+. The Labute approximate surface area is 422 Å². The van der Waals surface area contributed by atoms with Gasteiger partial charge in [0.1, 0.15) is 21.7 Å². The van der Waals surface area contributed by atoms with Crippen molar-refractivity contribution in [1.29, 1.82) is 5.26 Å². The Morgan fingerprint density at radius 2 is 1.03 bits per heavy atom. The summed E-state index contributed by atoms with van der Waals surface area (Å²) in [6.07, 6.45) is 5.26. The number of rotatable bonds is 10. The fourth-order valence-electron chi connectivity index (χ4n) is 11.2. The zero-order chi connectivity index (χ0) is 47.8. The molecule has 0 radical (unpaired) electrons. The summed E-state index contributed by atoms with van der Waals surface area (Å²) < 4.78 is 7.07. The lowest BCUT2D eigenvalue weighted by atomic mass is 9.49. The van der Waals surface area contributed by atoms with Crippen LogP contribution in [-0.2, 0) is 0 Å². The van der Waals surface area contributed by atoms with E-state index in [1.807, 2.05) is 36.4 Å². The highest BCUT2D eigenvalue weighted by Crippen LogP contribution is 2.41. The number of nitriles is 1. The van der Waals surface area contributed by atoms with E-state index in [1.165, 1.54) is 0 Å². The average molecular weight is 949 g/mol. The van der Waals surface area contributed by atoms with Crippen LogP contribution in [-0.4, -0.2) is 32.6 Å². The molecule has 1 saturated carbocycles. The highest BCUT2D eigenvalue weighted by atomic mass is 32.1. The molecule has 0 aliphatic heterocycles. The van der Waals surface area contributed by atoms with Crippen molar-refractivity contribution in [3.05, 3.63) is 238 Å². The predicted molar refractivity (Wildman–Crippen MR) is 298 cm³/mol. The van der Waals surface area contributed by atoms with E-state index >= 15 is 0 Å². The maximum Gasteiger partial charge on any atom is 0.327 e. The lowest BCUT2D eigenvalue weighted by Crippen LogP contribution is -2.55. The van der Waals surface area contributed by atoms with Crippen LogP contribution < -0.4 is 32.5 Å².